The zero-order chi connectivity index (χ0) is 54.4. The molecular weight excluding hydrogens is 907 g/mol. The van der Waals surface area contributed by atoms with E-state index < -0.39 is 0 Å². The van der Waals surface area contributed by atoms with Crippen LogP contribution < -0.4 is 0 Å². The highest BCUT2D eigenvalue weighted by Gasteiger charge is 2.35. The molecule has 74 heavy (non-hydrogen) atoms. The maximum absolute atomic E-state index is 5.07. The summed E-state index contributed by atoms with van der Waals surface area (Å²) in [6.07, 6.45) is 28.6. The van der Waals surface area contributed by atoms with E-state index in [-0.39, 0.29) is 0 Å². The lowest BCUT2D eigenvalue weighted by molar-refractivity contribution is -0.0963. The Morgan fingerprint density at radius 2 is 0.473 bits per heavy atom. The Morgan fingerprint density at radius 1 is 0.243 bits per heavy atom. The third kappa shape index (κ3) is 62.3. The van der Waals surface area contributed by atoms with E-state index in [0.29, 0.717) is 6.79 Å². The standard InChI is InChI=1S/C6H10.C6H12.5C6H6.C5H5N.C5H10O.C4H4N2.C4H8O2.4C2H6/c1-2-6-3-5(1)4-6;8*1-2-4-6-5-3-1;2*1-2-5-4-6-3-1;4*1-2/h5-6H,1-4H2;1-6H2;5*1-6H;1-5H;1-5H2;1-4H;1-4H2;4*1-2H3. The third-order valence-electron chi connectivity index (χ3n) is 10.0. The number of benzene rings is 5. The van der Waals surface area contributed by atoms with Crippen LogP contribution in [-0.4, -0.2) is 48.2 Å². The van der Waals surface area contributed by atoms with Crippen LogP contribution in [0.15, 0.2) is 237 Å². The van der Waals surface area contributed by atoms with Crippen LogP contribution in [0.1, 0.15) is 145 Å². The molecular formula is C68H103N3O3. The van der Waals surface area contributed by atoms with E-state index in [2.05, 4.69) is 15.0 Å². The van der Waals surface area contributed by atoms with Gasteiger partial charge in [-0.2, -0.15) is 0 Å². The second kappa shape index (κ2) is 71.5. The first kappa shape index (κ1) is 72.5. The van der Waals surface area contributed by atoms with Gasteiger partial charge in [-0.25, -0.2) is 9.97 Å². The Bertz CT molecular complexity index is 1220. The molecule has 0 amide bonds. The molecule has 6 fully saturated rings. The molecule has 0 spiro atoms. The van der Waals surface area contributed by atoms with E-state index in [0.717, 1.165) is 32.8 Å². The fourth-order valence-corrected chi connectivity index (χ4v) is 6.49. The second-order valence-electron chi connectivity index (χ2n) is 15.6. The zero-order valence-electron chi connectivity index (χ0n) is 47.7. The first-order valence-electron chi connectivity index (χ1n) is 28.2. The van der Waals surface area contributed by atoms with Crippen molar-refractivity contribution >= 4 is 0 Å². The van der Waals surface area contributed by atoms with Crippen molar-refractivity contribution in [3.63, 3.8) is 0 Å². The molecule has 0 radical (unpaired) electrons. The summed E-state index contributed by atoms with van der Waals surface area (Å²) in [5, 5.41) is 0. The largest absolute Gasteiger partial charge is 0.381 e. The predicted molar refractivity (Wildman–Crippen MR) is 323 cm³/mol. The average molecular weight is 1010 g/mol. The SMILES string of the molecule is C1CC2CC1C2.C1CCCCC1.C1CCOCC1.C1COCOC1.CC.CC.CC.CC.c1ccccc1.c1ccccc1.c1ccccc1.c1ccccc1.c1ccccc1.c1ccncc1.c1cncnc1. The van der Waals surface area contributed by atoms with Gasteiger partial charge in [0.25, 0.3) is 0 Å². The molecule has 2 aromatic heterocycles. The van der Waals surface area contributed by atoms with E-state index in [1.807, 2.05) is 256 Å². The van der Waals surface area contributed by atoms with Crippen LogP contribution in [0, 0.1) is 11.8 Å². The van der Waals surface area contributed by atoms with Gasteiger partial charge < -0.3 is 14.2 Å². The molecule has 4 saturated carbocycles. The van der Waals surface area contributed by atoms with Crippen molar-refractivity contribution in [1.29, 1.82) is 0 Å². The van der Waals surface area contributed by atoms with Crippen molar-refractivity contribution in [2.75, 3.05) is 33.2 Å². The van der Waals surface area contributed by atoms with Crippen molar-refractivity contribution in [2.24, 2.45) is 11.8 Å². The average Bonchev–Trinajstić information content (AvgIpc) is 4.24. The minimum Gasteiger partial charge on any atom is -0.381 e. The second-order valence-corrected chi connectivity index (χ2v) is 15.6. The summed E-state index contributed by atoms with van der Waals surface area (Å²) in [7, 11) is 0. The van der Waals surface area contributed by atoms with Gasteiger partial charge in [0.15, 0.2) is 0 Å². The van der Waals surface area contributed by atoms with Crippen LogP contribution in [0.25, 0.3) is 0 Å². The Labute approximate surface area is 454 Å². The Hall–Kier alpha value is -5.79. The summed E-state index contributed by atoms with van der Waals surface area (Å²) in [4.78, 5) is 11.1. The highest BCUT2D eigenvalue weighted by molar-refractivity contribution is 5.01. The molecule has 0 unspecified atom stereocenters. The van der Waals surface area contributed by atoms with Crippen LogP contribution in [0.5, 0.6) is 0 Å². The van der Waals surface area contributed by atoms with Crippen molar-refractivity contribution in [2.45, 2.75) is 145 Å². The number of ether oxygens (including phenoxy) is 3. The molecule has 6 nitrogen and oxygen atoms in total. The van der Waals surface area contributed by atoms with Gasteiger partial charge >= 0.3 is 0 Å². The smallest absolute Gasteiger partial charge is 0.146 e. The summed E-state index contributed by atoms with van der Waals surface area (Å²) in [6.45, 7) is 20.2. The van der Waals surface area contributed by atoms with Crippen LogP contribution in [0.3, 0.4) is 0 Å². The quantitative estimate of drug-likeness (QED) is 0.151. The summed E-state index contributed by atoms with van der Waals surface area (Å²) >= 11 is 0. The van der Waals surface area contributed by atoms with Gasteiger partial charge in [0.05, 0.1) is 13.2 Å². The molecule has 408 valence electrons. The topological polar surface area (TPSA) is 66.4 Å². The van der Waals surface area contributed by atoms with Crippen molar-refractivity contribution in [3.05, 3.63) is 237 Å². The highest BCUT2D eigenvalue weighted by Crippen LogP contribution is 2.47. The fraction of sp³-hybridized carbons (Fsp3) is 0.426. The third-order valence-corrected chi connectivity index (χ3v) is 10.0. The summed E-state index contributed by atoms with van der Waals surface area (Å²) in [5.41, 5.74) is 0. The molecule has 6 aliphatic rings. The number of fused-ring (bicyclic) bond motifs is 1. The number of rotatable bonds is 0. The van der Waals surface area contributed by atoms with E-state index in [4.69, 9.17) is 14.2 Å². The van der Waals surface area contributed by atoms with Gasteiger partial charge in [0.2, 0.25) is 0 Å². The molecule has 2 aliphatic heterocycles. The molecule has 13 rings (SSSR count). The fourth-order valence-electron chi connectivity index (χ4n) is 6.49. The van der Waals surface area contributed by atoms with Crippen molar-refractivity contribution in [1.82, 2.24) is 15.0 Å². The highest BCUT2D eigenvalue weighted by atomic mass is 16.7. The van der Waals surface area contributed by atoms with Crippen LogP contribution >= 0.6 is 0 Å². The number of nitrogens with zero attached hydrogens (tertiary/aromatic N) is 3. The van der Waals surface area contributed by atoms with Gasteiger partial charge in [0, 0.05) is 38.0 Å². The van der Waals surface area contributed by atoms with Crippen LogP contribution in [0.2, 0.25) is 0 Å². The number of hydrogen-bond donors (Lipinski definition) is 0. The first-order valence-corrected chi connectivity index (χ1v) is 28.2. The minimum atomic E-state index is 0.500. The van der Waals surface area contributed by atoms with Crippen LogP contribution in [-0.2, 0) is 14.2 Å². The van der Waals surface area contributed by atoms with Crippen LogP contribution in [0.4, 0.5) is 0 Å². The molecule has 2 saturated heterocycles. The molecule has 0 N–H and O–H groups in total. The van der Waals surface area contributed by atoms with E-state index in [9.17, 15) is 0 Å². The van der Waals surface area contributed by atoms with Gasteiger partial charge in [-0.1, -0.05) is 295 Å². The predicted octanol–water partition coefficient (Wildman–Crippen LogP) is 19.8. The summed E-state index contributed by atoms with van der Waals surface area (Å²) < 4.78 is 14.8. The Balaban J connectivity index is -0.000000739. The maximum Gasteiger partial charge on any atom is 0.146 e. The van der Waals surface area contributed by atoms with Crippen molar-refractivity contribution < 1.29 is 14.2 Å². The van der Waals surface area contributed by atoms with E-state index in [1.54, 1.807) is 56.5 Å². The summed E-state index contributed by atoms with van der Waals surface area (Å²) in [5.74, 6) is 2.38. The van der Waals surface area contributed by atoms with Gasteiger partial charge in [-0.05, 0) is 68.6 Å². The number of pyridine rings is 1. The molecule has 6 heteroatoms. The van der Waals surface area contributed by atoms with E-state index in [1.165, 1.54) is 76.0 Å². The lowest BCUT2D eigenvalue weighted by atomic mass is 9.85. The van der Waals surface area contributed by atoms with Gasteiger partial charge in [-0.3, -0.25) is 4.98 Å². The lowest BCUT2D eigenvalue weighted by Gasteiger charge is -2.21. The summed E-state index contributed by atoms with van der Waals surface area (Å²) in [6, 6.07) is 67.5. The maximum atomic E-state index is 5.07. The lowest BCUT2D eigenvalue weighted by Crippen LogP contribution is -2.11. The normalized spacial score (nSPS) is 14.9. The Morgan fingerprint density at radius 3 is 0.568 bits per heavy atom. The van der Waals surface area contributed by atoms with Gasteiger partial charge in [-0.15, -0.1) is 0 Å². The van der Waals surface area contributed by atoms with E-state index >= 15 is 0 Å². The molecule has 7 aromatic rings. The first-order chi connectivity index (χ1) is 36.9. The molecule has 4 aliphatic carbocycles. The molecule has 4 heterocycles. The molecule has 0 atom stereocenters. The van der Waals surface area contributed by atoms with Gasteiger partial charge in [0.1, 0.15) is 13.1 Å². The zero-order valence-corrected chi connectivity index (χ0v) is 47.7. The minimum absolute atomic E-state index is 0.500. The Kier molecular flexibility index (Phi) is 70.0. The van der Waals surface area contributed by atoms with Crippen molar-refractivity contribution in [3.8, 4) is 0 Å². The number of aromatic nitrogens is 3. The number of hydrogen-bond acceptors (Lipinski definition) is 6. The molecule has 2 bridgehead atoms. The monoisotopic (exact) mass is 1010 g/mol. The molecule has 5 aromatic carbocycles.